The molecule has 3 aromatic rings. The fraction of sp³-hybridized carbons (Fsp3) is 0.308. The number of nitrogens with one attached hydrogen (secondary N) is 1. The summed E-state index contributed by atoms with van der Waals surface area (Å²) >= 11 is 1.37. The van der Waals surface area contributed by atoms with Gasteiger partial charge in [0.25, 0.3) is 5.91 Å². The summed E-state index contributed by atoms with van der Waals surface area (Å²) < 4.78 is 5.57. The zero-order valence-electron chi connectivity index (χ0n) is 19.2. The second-order valence-corrected chi connectivity index (χ2v) is 10.0. The molecule has 4 heterocycles. The molecular formula is C26H24N4O4S. The predicted molar refractivity (Wildman–Crippen MR) is 133 cm³/mol. The molecule has 0 spiro atoms. The van der Waals surface area contributed by atoms with E-state index >= 15 is 0 Å². The van der Waals surface area contributed by atoms with E-state index in [0.29, 0.717) is 35.8 Å². The number of hydrogen-bond acceptors (Lipinski definition) is 6. The molecule has 1 aromatic heterocycles. The average Bonchev–Trinajstić information content (AvgIpc) is 3.58. The molecule has 0 aliphatic carbocycles. The first-order valence-corrected chi connectivity index (χ1v) is 12.6. The van der Waals surface area contributed by atoms with Crippen molar-refractivity contribution in [3.63, 3.8) is 0 Å². The van der Waals surface area contributed by atoms with E-state index in [0.717, 1.165) is 23.4 Å². The maximum Gasteiger partial charge on any atom is 0.257 e. The van der Waals surface area contributed by atoms with Crippen LogP contribution in [-0.2, 0) is 16.0 Å². The van der Waals surface area contributed by atoms with Crippen LogP contribution in [0.2, 0.25) is 0 Å². The minimum Gasteiger partial charge on any atom is -0.493 e. The molecule has 3 aliphatic heterocycles. The van der Waals surface area contributed by atoms with Crippen molar-refractivity contribution >= 4 is 39.9 Å². The van der Waals surface area contributed by atoms with Gasteiger partial charge in [0.2, 0.25) is 11.8 Å². The Morgan fingerprint density at radius 2 is 2.06 bits per heavy atom. The number of ether oxygens (including phenoxy) is 1. The molecule has 0 saturated carbocycles. The van der Waals surface area contributed by atoms with Crippen LogP contribution < -0.4 is 15.0 Å². The highest BCUT2D eigenvalue weighted by Gasteiger charge is 2.52. The van der Waals surface area contributed by atoms with Gasteiger partial charge in [-0.15, -0.1) is 11.3 Å². The zero-order valence-corrected chi connectivity index (χ0v) is 20.1. The molecule has 1 N–H and O–H groups in total. The molecule has 0 unspecified atom stereocenters. The lowest BCUT2D eigenvalue weighted by molar-refractivity contribution is -0.117. The normalized spacial score (nSPS) is 20.4. The minimum absolute atomic E-state index is 0.00432. The molecule has 1 atom stereocenters. The van der Waals surface area contributed by atoms with Crippen LogP contribution in [0, 0.1) is 0 Å². The molecule has 8 nitrogen and oxygen atoms in total. The minimum atomic E-state index is -0.769. The Balaban J connectivity index is 1.15. The predicted octanol–water partition coefficient (Wildman–Crippen LogP) is 4.07. The van der Waals surface area contributed by atoms with E-state index in [-0.39, 0.29) is 30.7 Å². The lowest BCUT2D eigenvalue weighted by atomic mass is 9.98. The summed E-state index contributed by atoms with van der Waals surface area (Å²) in [5.41, 5.74) is 3.33. The topological polar surface area (TPSA) is 91.8 Å². The van der Waals surface area contributed by atoms with Crippen LogP contribution in [0.15, 0.2) is 47.8 Å². The number of carbonyl (C=O) groups is 3. The SMILES string of the molecule is C[C@@]12CCC(=O)N1c1ccccc1C(=O)N2CCC(=O)Nc1nc(-c2ccc3c(c2)CCO3)cs1. The number of benzene rings is 2. The first-order chi connectivity index (χ1) is 16.9. The number of aromatic nitrogens is 1. The third-order valence-electron chi connectivity index (χ3n) is 7.04. The Morgan fingerprint density at radius 1 is 1.20 bits per heavy atom. The van der Waals surface area contributed by atoms with Crippen molar-refractivity contribution in [3.05, 3.63) is 59.0 Å². The summed E-state index contributed by atoms with van der Waals surface area (Å²) in [5.74, 6) is 0.539. The number of para-hydroxylation sites is 1. The fourth-order valence-electron chi connectivity index (χ4n) is 5.25. The molecule has 1 saturated heterocycles. The van der Waals surface area contributed by atoms with E-state index in [1.165, 1.54) is 16.9 Å². The number of thiazole rings is 1. The van der Waals surface area contributed by atoms with E-state index < -0.39 is 5.66 Å². The second-order valence-electron chi connectivity index (χ2n) is 9.18. The molecule has 178 valence electrons. The largest absolute Gasteiger partial charge is 0.493 e. The van der Waals surface area contributed by atoms with Gasteiger partial charge in [-0.2, -0.15) is 0 Å². The third-order valence-corrected chi connectivity index (χ3v) is 7.80. The Kier molecular flexibility index (Phi) is 5.10. The molecule has 1 fully saturated rings. The summed E-state index contributed by atoms with van der Waals surface area (Å²) in [4.78, 5) is 46.8. The Labute approximate surface area is 206 Å². The fourth-order valence-corrected chi connectivity index (χ4v) is 5.98. The average molecular weight is 489 g/mol. The highest BCUT2D eigenvalue weighted by molar-refractivity contribution is 7.14. The number of hydrogen-bond donors (Lipinski definition) is 1. The number of anilines is 2. The van der Waals surface area contributed by atoms with Gasteiger partial charge in [0.15, 0.2) is 5.13 Å². The maximum absolute atomic E-state index is 13.3. The van der Waals surface area contributed by atoms with E-state index in [2.05, 4.69) is 16.4 Å². The monoisotopic (exact) mass is 488 g/mol. The molecule has 6 rings (SSSR count). The van der Waals surface area contributed by atoms with Crippen LogP contribution in [0.3, 0.4) is 0 Å². The van der Waals surface area contributed by atoms with Gasteiger partial charge in [0.05, 0.1) is 23.6 Å². The zero-order chi connectivity index (χ0) is 24.2. The highest BCUT2D eigenvalue weighted by Crippen LogP contribution is 2.44. The van der Waals surface area contributed by atoms with Gasteiger partial charge >= 0.3 is 0 Å². The van der Waals surface area contributed by atoms with Crippen LogP contribution >= 0.6 is 11.3 Å². The summed E-state index contributed by atoms with van der Waals surface area (Å²) in [6.07, 6.45) is 1.90. The van der Waals surface area contributed by atoms with Crippen molar-refractivity contribution < 1.29 is 19.1 Å². The van der Waals surface area contributed by atoms with Crippen LogP contribution in [0.25, 0.3) is 11.3 Å². The van der Waals surface area contributed by atoms with Crippen LogP contribution in [0.5, 0.6) is 5.75 Å². The van der Waals surface area contributed by atoms with Crippen molar-refractivity contribution in [1.82, 2.24) is 9.88 Å². The number of amides is 3. The summed E-state index contributed by atoms with van der Waals surface area (Å²) in [6, 6.07) is 13.2. The molecule has 3 amide bonds. The Morgan fingerprint density at radius 3 is 2.94 bits per heavy atom. The number of nitrogens with zero attached hydrogens (tertiary/aromatic N) is 3. The van der Waals surface area contributed by atoms with Gasteiger partial charge in [0, 0.05) is 36.8 Å². The van der Waals surface area contributed by atoms with Crippen molar-refractivity contribution in [2.75, 3.05) is 23.4 Å². The van der Waals surface area contributed by atoms with Gasteiger partial charge in [0.1, 0.15) is 11.4 Å². The second kappa shape index (κ2) is 8.20. The Hall–Kier alpha value is -3.72. The molecule has 9 heteroatoms. The summed E-state index contributed by atoms with van der Waals surface area (Å²) in [7, 11) is 0. The molecule has 35 heavy (non-hydrogen) atoms. The molecule has 0 bridgehead atoms. The number of fused-ring (bicyclic) bond motifs is 4. The number of carbonyl (C=O) groups excluding carboxylic acids is 3. The Bertz CT molecular complexity index is 1370. The van der Waals surface area contributed by atoms with Crippen LogP contribution in [-0.4, -0.2) is 46.4 Å². The summed E-state index contributed by atoms with van der Waals surface area (Å²) in [5, 5.41) is 5.30. The van der Waals surface area contributed by atoms with Gasteiger partial charge in [-0.05, 0) is 49.2 Å². The van der Waals surface area contributed by atoms with Crippen LogP contribution in [0.4, 0.5) is 10.8 Å². The molecule has 3 aliphatic rings. The van der Waals surface area contributed by atoms with Crippen molar-refractivity contribution in [2.24, 2.45) is 0 Å². The molecule has 0 radical (unpaired) electrons. The van der Waals surface area contributed by atoms with Crippen LogP contribution in [0.1, 0.15) is 42.1 Å². The highest BCUT2D eigenvalue weighted by atomic mass is 32.1. The van der Waals surface area contributed by atoms with Gasteiger partial charge in [-0.1, -0.05) is 12.1 Å². The van der Waals surface area contributed by atoms with Gasteiger partial charge in [-0.25, -0.2) is 4.98 Å². The first-order valence-electron chi connectivity index (χ1n) is 11.7. The van der Waals surface area contributed by atoms with Gasteiger partial charge in [-0.3, -0.25) is 19.3 Å². The van der Waals surface area contributed by atoms with E-state index in [1.807, 2.05) is 36.6 Å². The lowest BCUT2D eigenvalue weighted by Gasteiger charge is -2.48. The van der Waals surface area contributed by atoms with Gasteiger partial charge < -0.3 is 15.0 Å². The smallest absolute Gasteiger partial charge is 0.257 e. The van der Waals surface area contributed by atoms with E-state index in [4.69, 9.17) is 4.74 Å². The standard InChI is InChI=1S/C26H24N4O4S/c1-26-11-8-23(32)30(26)20-5-3-2-4-18(20)24(33)29(26)12-9-22(31)28-25-27-19(15-35-25)16-6-7-21-17(14-16)10-13-34-21/h2-7,14-15H,8-13H2,1H3,(H,27,28,31)/t26-/m0/s1. The molecule has 2 aromatic carbocycles. The maximum atomic E-state index is 13.3. The number of rotatable bonds is 5. The first kappa shape index (κ1) is 21.8. The van der Waals surface area contributed by atoms with E-state index in [1.54, 1.807) is 21.9 Å². The third kappa shape index (κ3) is 3.58. The van der Waals surface area contributed by atoms with E-state index in [9.17, 15) is 14.4 Å². The quantitative estimate of drug-likeness (QED) is 0.585. The lowest BCUT2D eigenvalue weighted by Crippen LogP contribution is -2.62. The molecular weight excluding hydrogens is 464 g/mol. The van der Waals surface area contributed by atoms with Crippen molar-refractivity contribution in [2.45, 2.75) is 38.3 Å². The van der Waals surface area contributed by atoms with Crippen molar-refractivity contribution in [1.29, 1.82) is 0 Å². The van der Waals surface area contributed by atoms with Crippen molar-refractivity contribution in [3.8, 4) is 17.0 Å². The summed E-state index contributed by atoms with van der Waals surface area (Å²) in [6.45, 7) is 2.81.